The number of benzene rings is 2. The third-order valence-electron chi connectivity index (χ3n) is 4.48. The minimum atomic E-state index is -0.774. The summed E-state index contributed by atoms with van der Waals surface area (Å²) in [5.41, 5.74) is 6.43. The van der Waals surface area contributed by atoms with Crippen LogP contribution in [0.3, 0.4) is 0 Å². The first kappa shape index (κ1) is 19.6. The molecule has 0 aliphatic heterocycles. The van der Waals surface area contributed by atoms with E-state index in [0.29, 0.717) is 23.1 Å². The van der Waals surface area contributed by atoms with Gasteiger partial charge in [-0.15, -0.1) is 0 Å². The molecule has 6 nitrogen and oxygen atoms in total. The molecule has 0 bridgehead atoms. The Morgan fingerprint density at radius 3 is 2.64 bits per heavy atom. The lowest BCUT2D eigenvalue weighted by Crippen LogP contribution is -2.30. The van der Waals surface area contributed by atoms with Gasteiger partial charge in [0.2, 0.25) is 0 Å². The lowest BCUT2D eigenvalue weighted by Gasteiger charge is -2.20. The molecular weight excluding hydrogens is 364 g/mol. The Hall–Kier alpha value is -3.13. The van der Waals surface area contributed by atoms with Gasteiger partial charge in [-0.05, 0) is 37.1 Å². The summed E-state index contributed by atoms with van der Waals surface area (Å²) in [7, 11) is 0. The van der Waals surface area contributed by atoms with Gasteiger partial charge < -0.3 is 5.73 Å². The molecule has 0 saturated carbocycles. The van der Waals surface area contributed by atoms with Crippen molar-refractivity contribution in [3.05, 3.63) is 69.8 Å². The molecule has 146 valence electrons. The standard InChI is InChI=1S/C20H21F2N5O/c1-3-13-5-4-6-17-18(13)26-19(12(2)25-11-24-10-23)27(20(17)28)16-8-14(21)7-15(22)9-16/h4-10,12,25H,3,11H2,1-2H3,(H2,23,24). The first-order valence-corrected chi connectivity index (χ1v) is 8.90. The topological polar surface area (TPSA) is 85.3 Å². The Labute approximate surface area is 160 Å². The highest BCUT2D eigenvalue weighted by molar-refractivity contribution is 5.81. The van der Waals surface area contributed by atoms with E-state index >= 15 is 0 Å². The maximum Gasteiger partial charge on any atom is 0.266 e. The van der Waals surface area contributed by atoms with Crippen LogP contribution in [0.15, 0.2) is 46.2 Å². The van der Waals surface area contributed by atoms with E-state index in [1.807, 2.05) is 13.0 Å². The predicted octanol–water partition coefficient (Wildman–Crippen LogP) is 2.82. The Bertz CT molecular complexity index is 1070. The monoisotopic (exact) mass is 385 g/mol. The third-order valence-corrected chi connectivity index (χ3v) is 4.48. The number of nitrogens with two attached hydrogens (primary N) is 1. The van der Waals surface area contributed by atoms with Crippen LogP contribution in [0.5, 0.6) is 0 Å². The average Bonchev–Trinajstić information content (AvgIpc) is 2.66. The van der Waals surface area contributed by atoms with Crippen molar-refractivity contribution < 1.29 is 8.78 Å². The van der Waals surface area contributed by atoms with Crippen LogP contribution in [0.2, 0.25) is 0 Å². The Kier molecular flexibility index (Phi) is 5.79. The fraction of sp³-hybridized carbons (Fsp3) is 0.250. The molecule has 3 rings (SSSR count). The van der Waals surface area contributed by atoms with Crippen LogP contribution >= 0.6 is 0 Å². The van der Waals surface area contributed by atoms with E-state index in [1.54, 1.807) is 19.1 Å². The molecule has 0 fully saturated rings. The van der Waals surface area contributed by atoms with Crippen molar-refractivity contribution in [1.29, 1.82) is 0 Å². The molecule has 1 aromatic heterocycles. The second-order valence-electron chi connectivity index (χ2n) is 6.32. The Morgan fingerprint density at radius 2 is 2.00 bits per heavy atom. The molecule has 0 spiro atoms. The maximum absolute atomic E-state index is 13.8. The van der Waals surface area contributed by atoms with Gasteiger partial charge in [0.15, 0.2) is 0 Å². The molecule has 0 saturated heterocycles. The molecule has 1 heterocycles. The molecular formula is C20H21F2N5O. The summed E-state index contributed by atoms with van der Waals surface area (Å²) in [5, 5.41) is 3.47. The molecule has 0 amide bonds. The van der Waals surface area contributed by atoms with Crippen molar-refractivity contribution in [1.82, 2.24) is 14.9 Å². The lowest BCUT2D eigenvalue weighted by atomic mass is 10.1. The summed E-state index contributed by atoms with van der Waals surface area (Å²) in [6, 6.07) is 7.88. The third kappa shape index (κ3) is 3.77. The van der Waals surface area contributed by atoms with Crippen LogP contribution in [0, 0.1) is 11.6 Å². The van der Waals surface area contributed by atoms with E-state index in [1.165, 1.54) is 4.57 Å². The van der Waals surface area contributed by atoms with E-state index in [4.69, 9.17) is 10.7 Å². The molecule has 3 aromatic rings. The molecule has 0 aliphatic carbocycles. The normalized spacial score (nSPS) is 12.7. The fourth-order valence-corrected chi connectivity index (χ4v) is 3.11. The van der Waals surface area contributed by atoms with Crippen LogP contribution < -0.4 is 16.6 Å². The number of hydrogen-bond donors (Lipinski definition) is 2. The van der Waals surface area contributed by atoms with Crippen molar-refractivity contribution in [2.24, 2.45) is 10.7 Å². The van der Waals surface area contributed by atoms with Gasteiger partial charge in [0.1, 0.15) is 17.5 Å². The molecule has 8 heteroatoms. The minimum Gasteiger partial charge on any atom is -0.390 e. The van der Waals surface area contributed by atoms with Crippen molar-refractivity contribution in [2.45, 2.75) is 26.3 Å². The number of aromatic nitrogens is 2. The first-order valence-electron chi connectivity index (χ1n) is 8.90. The van der Waals surface area contributed by atoms with Crippen LogP contribution in [0.4, 0.5) is 8.78 Å². The van der Waals surface area contributed by atoms with E-state index < -0.39 is 23.2 Å². The van der Waals surface area contributed by atoms with Crippen molar-refractivity contribution >= 4 is 17.2 Å². The fourth-order valence-electron chi connectivity index (χ4n) is 3.11. The zero-order valence-corrected chi connectivity index (χ0v) is 15.6. The van der Waals surface area contributed by atoms with Crippen molar-refractivity contribution in [2.75, 3.05) is 6.67 Å². The minimum absolute atomic E-state index is 0.0739. The highest BCUT2D eigenvalue weighted by atomic mass is 19.1. The van der Waals surface area contributed by atoms with Gasteiger partial charge in [0, 0.05) is 6.07 Å². The lowest BCUT2D eigenvalue weighted by molar-refractivity contribution is 0.541. The average molecular weight is 385 g/mol. The Balaban J connectivity index is 2.31. The molecule has 2 aromatic carbocycles. The van der Waals surface area contributed by atoms with Gasteiger partial charge in [-0.3, -0.25) is 19.7 Å². The number of nitrogens with zero attached hydrogens (tertiary/aromatic N) is 3. The number of nitrogens with one attached hydrogen (secondary N) is 1. The number of aryl methyl sites for hydroxylation is 1. The van der Waals surface area contributed by atoms with Crippen LogP contribution in [-0.2, 0) is 6.42 Å². The maximum atomic E-state index is 13.8. The predicted molar refractivity (Wildman–Crippen MR) is 106 cm³/mol. The van der Waals surface area contributed by atoms with Crippen molar-refractivity contribution in [3.63, 3.8) is 0 Å². The molecule has 28 heavy (non-hydrogen) atoms. The number of hydrogen-bond acceptors (Lipinski definition) is 4. The quantitative estimate of drug-likeness (QED) is 0.505. The highest BCUT2D eigenvalue weighted by Crippen LogP contribution is 2.21. The second kappa shape index (κ2) is 8.26. The number of halogens is 2. The van der Waals surface area contributed by atoms with Gasteiger partial charge in [-0.1, -0.05) is 19.1 Å². The summed E-state index contributed by atoms with van der Waals surface area (Å²) < 4.78 is 28.9. The number of aliphatic imine (C=N–C) groups is 1. The van der Waals surface area contributed by atoms with Gasteiger partial charge >= 0.3 is 0 Å². The highest BCUT2D eigenvalue weighted by Gasteiger charge is 2.19. The summed E-state index contributed by atoms with van der Waals surface area (Å²) in [6.45, 7) is 3.97. The zero-order valence-electron chi connectivity index (χ0n) is 15.6. The zero-order chi connectivity index (χ0) is 20.3. The number of fused-ring (bicyclic) bond motifs is 1. The summed E-state index contributed by atoms with van der Waals surface area (Å²) >= 11 is 0. The molecule has 1 unspecified atom stereocenters. The summed E-state index contributed by atoms with van der Waals surface area (Å²) in [4.78, 5) is 21.9. The first-order chi connectivity index (χ1) is 13.5. The van der Waals surface area contributed by atoms with Gasteiger partial charge in [-0.25, -0.2) is 13.8 Å². The molecule has 3 N–H and O–H groups in total. The smallest absolute Gasteiger partial charge is 0.266 e. The van der Waals surface area contributed by atoms with Crippen LogP contribution in [0.25, 0.3) is 16.6 Å². The van der Waals surface area contributed by atoms with Gasteiger partial charge in [0.25, 0.3) is 5.56 Å². The van der Waals surface area contributed by atoms with Crippen LogP contribution in [-0.4, -0.2) is 22.6 Å². The van der Waals surface area contributed by atoms with E-state index in [-0.39, 0.29) is 12.4 Å². The van der Waals surface area contributed by atoms with Crippen molar-refractivity contribution in [3.8, 4) is 5.69 Å². The molecule has 0 radical (unpaired) electrons. The SMILES string of the molecule is CCc1cccc2c(=O)n(-c3cc(F)cc(F)c3)c(C(C)NC/N=C/N)nc12. The largest absolute Gasteiger partial charge is 0.390 e. The Morgan fingerprint density at radius 1 is 1.29 bits per heavy atom. The van der Waals surface area contributed by atoms with Crippen LogP contribution in [0.1, 0.15) is 31.3 Å². The van der Waals surface area contributed by atoms with E-state index in [0.717, 1.165) is 30.1 Å². The second-order valence-corrected chi connectivity index (χ2v) is 6.32. The van der Waals surface area contributed by atoms with E-state index in [2.05, 4.69) is 10.3 Å². The van der Waals surface area contributed by atoms with Gasteiger partial charge in [0.05, 0.1) is 35.6 Å². The molecule has 0 aliphatic rings. The number of rotatable bonds is 6. The van der Waals surface area contributed by atoms with Gasteiger partial charge in [-0.2, -0.15) is 0 Å². The summed E-state index contributed by atoms with van der Waals surface area (Å²) in [5.74, 6) is -1.22. The van der Waals surface area contributed by atoms with E-state index in [9.17, 15) is 13.6 Å². The molecule has 1 atom stereocenters. The number of para-hydroxylation sites is 1. The summed E-state index contributed by atoms with van der Waals surface area (Å²) in [6.07, 6.45) is 1.86.